The first-order valence-corrected chi connectivity index (χ1v) is 4.22. The zero-order chi connectivity index (χ0) is 9.68. The van der Waals surface area contributed by atoms with Crippen molar-refractivity contribution in [1.82, 2.24) is 5.32 Å². The highest BCUT2D eigenvalue weighted by atomic mass is 16.1. The summed E-state index contributed by atoms with van der Waals surface area (Å²) in [4.78, 5) is 11.4. The van der Waals surface area contributed by atoms with Crippen LogP contribution in [0.25, 0.3) is 0 Å². The average Bonchev–Trinajstić information content (AvgIpc) is 2.15. The fourth-order valence-corrected chi connectivity index (χ4v) is 0.947. The van der Waals surface area contributed by atoms with E-state index in [-0.39, 0.29) is 5.91 Å². The fourth-order valence-electron chi connectivity index (χ4n) is 0.947. The first-order chi connectivity index (χ1) is 6.24. The third kappa shape index (κ3) is 2.75. The zero-order valence-electron chi connectivity index (χ0n) is 7.87. The number of carbonyl (C=O) groups excluding carboxylic acids is 1. The molecule has 1 aromatic carbocycles. The van der Waals surface area contributed by atoms with E-state index in [2.05, 4.69) is 5.32 Å². The van der Waals surface area contributed by atoms with Gasteiger partial charge in [-0.15, -0.1) is 0 Å². The second-order valence-corrected chi connectivity index (χ2v) is 2.84. The largest absolute Gasteiger partial charge is 0.329 e. The number of benzene rings is 1. The Morgan fingerprint density at radius 3 is 2.46 bits per heavy atom. The van der Waals surface area contributed by atoms with Crippen molar-refractivity contribution in [3.05, 3.63) is 47.7 Å². The maximum Gasteiger partial charge on any atom is 0.255 e. The molecule has 1 aromatic rings. The van der Waals surface area contributed by atoms with Gasteiger partial charge in [-0.25, -0.2) is 0 Å². The van der Waals surface area contributed by atoms with Crippen LogP contribution in [0.2, 0.25) is 0 Å². The van der Waals surface area contributed by atoms with Crippen molar-refractivity contribution in [2.75, 3.05) is 0 Å². The van der Waals surface area contributed by atoms with Crippen molar-refractivity contribution in [2.45, 2.75) is 13.8 Å². The highest BCUT2D eigenvalue weighted by Gasteiger charge is 2.00. The van der Waals surface area contributed by atoms with Gasteiger partial charge in [-0.05, 0) is 32.2 Å². The summed E-state index contributed by atoms with van der Waals surface area (Å²) in [5.74, 6) is -0.0712. The van der Waals surface area contributed by atoms with E-state index in [1.54, 1.807) is 12.3 Å². The topological polar surface area (TPSA) is 29.1 Å². The van der Waals surface area contributed by atoms with Crippen LogP contribution in [0.15, 0.2) is 36.5 Å². The first kappa shape index (κ1) is 9.52. The highest BCUT2D eigenvalue weighted by molar-refractivity contribution is 5.94. The minimum absolute atomic E-state index is 0.0712. The molecule has 1 rings (SSSR count). The van der Waals surface area contributed by atoms with Crippen LogP contribution >= 0.6 is 0 Å². The molecule has 1 N–H and O–H groups in total. The summed E-state index contributed by atoms with van der Waals surface area (Å²) >= 11 is 0. The summed E-state index contributed by atoms with van der Waals surface area (Å²) in [6.45, 7) is 3.85. The molecule has 0 radical (unpaired) electrons. The van der Waals surface area contributed by atoms with E-state index in [1.807, 2.05) is 38.1 Å². The average molecular weight is 175 g/mol. The Labute approximate surface area is 78.3 Å². The second-order valence-electron chi connectivity index (χ2n) is 2.84. The predicted molar refractivity (Wildman–Crippen MR) is 53.5 cm³/mol. The molecule has 1 amide bonds. The van der Waals surface area contributed by atoms with Crippen LogP contribution < -0.4 is 5.32 Å². The standard InChI is InChI=1S/C11H13NO/c1-3-8-12-11(13)10-6-4-9(2)5-7-10/h3-8H,1-2H3,(H,12,13). The van der Waals surface area contributed by atoms with Crippen LogP contribution in [0.5, 0.6) is 0 Å². The first-order valence-electron chi connectivity index (χ1n) is 4.22. The zero-order valence-corrected chi connectivity index (χ0v) is 7.87. The molecule has 13 heavy (non-hydrogen) atoms. The van der Waals surface area contributed by atoms with E-state index in [9.17, 15) is 4.79 Å². The van der Waals surface area contributed by atoms with Crippen LogP contribution in [0.1, 0.15) is 22.8 Å². The van der Waals surface area contributed by atoms with Gasteiger partial charge in [-0.3, -0.25) is 4.79 Å². The van der Waals surface area contributed by atoms with Crippen LogP contribution in [-0.4, -0.2) is 5.91 Å². The van der Waals surface area contributed by atoms with E-state index >= 15 is 0 Å². The lowest BCUT2D eigenvalue weighted by molar-refractivity contribution is 0.0970. The van der Waals surface area contributed by atoms with E-state index in [0.29, 0.717) is 5.56 Å². The molecule has 0 aromatic heterocycles. The number of nitrogens with one attached hydrogen (secondary N) is 1. The maximum absolute atomic E-state index is 11.4. The van der Waals surface area contributed by atoms with Gasteiger partial charge in [-0.2, -0.15) is 0 Å². The van der Waals surface area contributed by atoms with Gasteiger partial charge in [0.2, 0.25) is 0 Å². The molecule has 0 unspecified atom stereocenters. The van der Waals surface area contributed by atoms with Crippen molar-refractivity contribution >= 4 is 5.91 Å². The van der Waals surface area contributed by atoms with Crippen molar-refractivity contribution in [3.63, 3.8) is 0 Å². The molecular weight excluding hydrogens is 162 g/mol. The van der Waals surface area contributed by atoms with Crippen molar-refractivity contribution < 1.29 is 4.79 Å². The lowest BCUT2D eigenvalue weighted by atomic mass is 10.1. The Morgan fingerprint density at radius 2 is 1.92 bits per heavy atom. The van der Waals surface area contributed by atoms with Gasteiger partial charge in [0.05, 0.1) is 0 Å². The minimum Gasteiger partial charge on any atom is -0.329 e. The van der Waals surface area contributed by atoms with Crippen LogP contribution in [0, 0.1) is 6.92 Å². The Balaban J connectivity index is 2.72. The summed E-state index contributed by atoms with van der Waals surface area (Å²) < 4.78 is 0. The molecular formula is C11H13NO. The predicted octanol–water partition coefficient (Wildman–Crippen LogP) is 2.26. The monoisotopic (exact) mass is 175 g/mol. The van der Waals surface area contributed by atoms with E-state index in [0.717, 1.165) is 5.56 Å². The number of amides is 1. The molecule has 0 saturated carbocycles. The molecule has 2 nitrogen and oxygen atoms in total. The molecule has 0 atom stereocenters. The fraction of sp³-hybridized carbons (Fsp3) is 0.182. The Hall–Kier alpha value is -1.57. The van der Waals surface area contributed by atoms with E-state index < -0.39 is 0 Å². The number of allylic oxidation sites excluding steroid dienone is 1. The molecule has 0 aliphatic carbocycles. The van der Waals surface area contributed by atoms with Crippen LogP contribution in [0.3, 0.4) is 0 Å². The van der Waals surface area contributed by atoms with Gasteiger partial charge in [0, 0.05) is 5.56 Å². The number of rotatable bonds is 2. The lowest BCUT2D eigenvalue weighted by Crippen LogP contribution is -2.16. The van der Waals surface area contributed by atoms with Crippen molar-refractivity contribution in [2.24, 2.45) is 0 Å². The van der Waals surface area contributed by atoms with E-state index in [4.69, 9.17) is 0 Å². The Bertz CT molecular complexity index is 311. The summed E-state index contributed by atoms with van der Waals surface area (Å²) in [6, 6.07) is 7.47. The normalized spacial score (nSPS) is 10.3. The third-order valence-electron chi connectivity index (χ3n) is 1.69. The summed E-state index contributed by atoms with van der Waals surface area (Å²) in [5.41, 5.74) is 1.84. The maximum atomic E-state index is 11.4. The van der Waals surface area contributed by atoms with Crippen molar-refractivity contribution in [1.29, 1.82) is 0 Å². The van der Waals surface area contributed by atoms with Crippen LogP contribution in [-0.2, 0) is 0 Å². The Morgan fingerprint density at radius 1 is 1.31 bits per heavy atom. The highest BCUT2D eigenvalue weighted by Crippen LogP contribution is 2.02. The number of hydrogen-bond acceptors (Lipinski definition) is 1. The molecule has 0 aliphatic rings. The van der Waals surface area contributed by atoms with Gasteiger partial charge in [0.25, 0.3) is 5.91 Å². The summed E-state index contributed by atoms with van der Waals surface area (Å²) in [7, 11) is 0. The molecule has 2 heteroatoms. The molecule has 0 saturated heterocycles. The third-order valence-corrected chi connectivity index (χ3v) is 1.69. The van der Waals surface area contributed by atoms with Gasteiger partial charge in [0.1, 0.15) is 0 Å². The molecule has 0 spiro atoms. The molecule has 0 aliphatic heterocycles. The SMILES string of the molecule is CC=CNC(=O)c1ccc(C)cc1. The van der Waals surface area contributed by atoms with Gasteiger partial charge in [0.15, 0.2) is 0 Å². The molecule has 68 valence electrons. The number of hydrogen-bond donors (Lipinski definition) is 1. The minimum atomic E-state index is -0.0712. The second kappa shape index (κ2) is 4.45. The van der Waals surface area contributed by atoms with Crippen LogP contribution in [0.4, 0.5) is 0 Å². The van der Waals surface area contributed by atoms with Gasteiger partial charge >= 0.3 is 0 Å². The summed E-state index contributed by atoms with van der Waals surface area (Å²) in [6.07, 6.45) is 3.41. The molecule has 0 heterocycles. The number of aryl methyl sites for hydroxylation is 1. The van der Waals surface area contributed by atoms with Gasteiger partial charge in [-0.1, -0.05) is 23.8 Å². The Kier molecular flexibility index (Phi) is 3.26. The smallest absolute Gasteiger partial charge is 0.255 e. The van der Waals surface area contributed by atoms with Gasteiger partial charge < -0.3 is 5.32 Å². The lowest BCUT2D eigenvalue weighted by Gasteiger charge is -1.99. The quantitative estimate of drug-likeness (QED) is 0.734. The van der Waals surface area contributed by atoms with E-state index in [1.165, 1.54) is 0 Å². The number of carbonyl (C=O) groups is 1. The molecule has 0 fully saturated rings. The van der Waals surface area contributed by atoms with Crippen molar-refractivity contribution in [3.8, 4) is 0 Å². The summed E-state index contributed by atoms with van der Waals surface area (Å²) in [5, 5.41) is 2.65. The molecule has 0 bridgehead atoms.